The van der Waals surface area contributed by atoms with Crippen LogP contribution in [0.4, 0.5) is 0 Å². The van der Waals surface area contributed by atoms with Crippen molar-refractivity contribution in [3.63, 3.8) is 0 Å². The van der Waals surface area contributed by atoms with Crippen molar-refractivity contribution in [3.05, 3.63) is 48.0 Å². The highest BCUT2D eigenvalue weighted by molar-refractivity contribution is 5.84. The van der Waals surface area contributed by atoms with Crippen LogP contribution in [0, 0.1) is 11.8 Å². The molecule has 3 atom stereocenters. The van der Waals surface area contributed by atoms with Crippen LogP contribution in [-0.4, -0.2) is 5.91 Å². The molecule has 1 fully saturated rings. The Kier molecular flexibility index (Phi) is 3.02. The van der Waals surface area contributed by atoms with Crippen LogP contribution in [0.15, 0.2) is 42.5 Å². The standard InChI is InChI=1S/C17H19NO/c1-11-9-16(11)17(19)18-12(2)14-8-7-13-5-3-4-6-15(13)10-14/h3-8,10-12,16H,9H2,1-2H3,(H,18,19). The zero-order valence-corrected chi connectivity index (χ0v) is 11.4. The van der Waals surface area contributed by atoms with Crippen LogP contribution in [-0.2, 0) is 4.79 Å². The summed E-state index contributed by atoms with van der Waals surface area (Å²) in [4.78, 5) is 12.0. The highest BCUT2D eigenvalue weighted by Crippen LogP contribution is 2.38. The number of carbonyl (C=O) groups is 1. The van der Waals surface area contributed by atoms with Crippen molar-refractivity contribution in [2.45, 2.75) is 26.3 Å². The van der Waals surface area contributed by atoms with E-state index in [4.69, 9.17) is 0 Å². The molecule has 0 spiro atoms. The summed E-state index contributed by atoms with van der Waals surface area (Å²) in [6, 6.07) is 14.8. The summed E-state index contributed by atoms with van der Waals surface area (Å²) in [5.74, 6) is 1.000. The van der Waals surface area contributed by atoms with Gasteiger partial charge < -0.3 is 5.32 Å². The van der Waals surface area contributed by atoms with Crippen molar-refractivity contribution >= 4 is 16.7 Å². The van der Waals surface area contributed by atoms with Gasteiger partial charge in [0.2, 0.25) is 5.91 Å². The van der Waals surface area contributed by atoms with Gasteiger partial charge in [0.05, 0.1) is 6.04 Å². The van der Waals surface area contributed by atoms with Gasteiger partial charge in [0.25, 0.3) is 0 Å². The SMILES string of the molecule is CC(NC(=O)C1CC1C)c1ccc2ccccc2c1. The average Bonchev–Trinajstić information content (AvgIpc) is 3.15. The van der Waals surface area contributed by atoms with E-state index in [1.165, 1.54) is 16.3 Å². The van der Waals surface area contributed by atoms with Gasteiger partial charge in [-0.25, -0.2) is 0 Å². The van der Waals surface area contributed by atoms with E-state index in [0.29, 0.717) is 5.92 Å². The maximum absolute atomic E-state index is 12.0. The van der Waals surface area contributed by atoms with Gasteiger partial charge >= 0.3 is 0 Å². The number of hydrogen-bond acceptors (Lipinski definition) is 1. The molecule has 1 aliphatic rings. The number of amides is 1. The second-order valence-electron chi connectivity index (χ2n) is 5.66. The van der Waals surface area contributed by atoms with Crippen LogP contribution in [0.25, 0.3) is 10.8 Å². The summed E-state index contributed by atoms with van der Waals surface area (Å²) in [5, 5.41) is 5.57. The molecule has 98 valence electrons. The van der Waals surface area contributed by atoms with Gasteiger partial charge in [-0.05, 0) is 41.7 Å². The lowest BCUT2D eigenvalue weighted by Crippen LogP contribution is -2.28. The molecule has 0 radical (unpaired) electrons. The Labute approximate surface area is 113 Å². The first-order valence-corrected chi connectivity index (χ1v) is 6.94. The van der Waals surface area contributed by atoms with Crippen molar-refractivity contribution in [2.75, 3.05) is 0 Å². The van der Waals surface area contributed by atoms with Crippen molar-refractivity contribution in [2.24, 2.45) is 11.8 Å². The lowest BCUT2D eigenvalue weighted by atomic mass is 10.0. The Bertz CT molecular complexity index is 619. The van der Waals surface area contributed by atoms with Crippen LogP contribution in [0.2, 0.25) is 0 Å². The minimum absolute atomic E-state index is 0.0740. The molecule has 2 aromatic rings. The third kappa shape index (κ3) is 2.48. The van der Waals surface area contributed by atoms with E-state index < -0.39 is 0 Å². The second-order valence-corrected chi connectivity index (χ2v) is 5.66. The maximum Gasteiger partial charge on any atom is 0.223 e. The molecule has 2 heteroatoms. The first kappa shape index (κ1) is 12.2. The lowest BCUT2D eigenvalue weighted by molar-refractivity contribution is -0.123. The Hall–Kier alpha value is -1.83. The van der Waals surface area contributed by atoms with E-state index in [0.717, 1.165) is 6.42 Å². The van der Waals surface area contributed by atoms with Crippen LogP contribution < -0.4 is 5.32 Å². The van der Waals surface area contributed by atoms with E-state index in [9.17, 15) is 4.79 Å². The largest absolute Gasteiger partial charge is 0.349 e. The van der Waals surface area contributed by atoms with Crippen LogP contribution >= 0.6 is 0 Å². The Morgan fingerprint density at radius 2 is 1.89 bits per heavy atom. The molecular weight excluding hydrogens is 234 g/mol. The van der Waals surface area contributed by atoms with Crippen molar-refractivity contribution < 1.29 is 4.79 Å². The second kappa shape index (κ2) is 4.69. The highest BCUT2D eigenvalue weighted by Gasteiger charge is 2.39. The molecule has 2 aromatic carbocycles. The number of carbonyl (C=O) groups excluding carboxylic acids is 1. The Morgan fingerprint density at radius 1 is 1.21 bits per heavy atom. The smallest absolute Gasteiger partial charge is 0.223 e. The zero-order chi connectivity index (χ0) is 13.4. The molecule has 1 N–H and O–H groups in total. The summed E-state index contributed by atoms with van der Waals surface area (Å²) in [6.07, 6.45) is 1.04. The van der Waals surface area contributed by atoms with Gasteiger partial charge in [-0.1, -0.05) is 43.3 Å². The van der Waals surface area contributed by atoms with Gasteiger partial charge in [0.15, 0.2) is 0 Å². The predicted molar refractivity (Wildman–Crippen MR) is 77.8 cm³/mol. The highest BCUT2D eigenvalue weighted by atomic mass is 16.2. The van der Waals surface area contributed by atoms with Crippen LogP contribution in [0.5, 0.6) is 0 Å². The fourth-order valence-corrected chi connectivity index (χ4v) is 2.57. The van der Waals surface area contributed by atoms with E-state index in [-0.39, 0.29) is 17.9 Å². The number of fused-ring (bicyclic) bond motifs is 1. The summed E-state index contributed by atoms with van der Waals surface area (Å²) in [5.41, 5.74) is 1.17. The summed E-state index contributed by atoms with van der Waals surface area (Å²) in [6.45, 7) is 4.18. The van der Waals surface area contributed by atoms with Gasteiger partial charge in [0, 0.05) is 5.92 Å². The zero-order valence-electron chi connectivity index (χ0n) is 11.4. The minimum atomic E-state index is 0.0740. The number of benzene rings is 2. The monoisotopic (exact) mass is 253 g/mol. The van der Waals surface area contributed by atoms with Crippen molar-refractivity contribution in [1.29, 1.82) is 0 Å². The van der Waals surface area contributed by atoms with Gasteiger partial charge in [-0.3, -0.25) is 4.79 Å². The quantitative estimate of drug-likeness (QED) is 0.888. The number of nitrogens with one attached hydrogen (secondary N) is 1. The fraction of sp³-hybridized carbons (Fsp3) is 0.353. The first-order valence-electron chi connectivity index (χ1n) is 6.94. The lowest BCUT2D eigenvalue weighted by Gasteiger charge is -2.15. The maximum atomic E-state index is 12.0. The van der Waals surface area contributed by atoms with Gasteiger partial charge in [-0.15, -0.1) is 0 Å². The molecule has 0 saturated heterocycles. The first-order chi connectivity index (χ1) is 9.15. The molecule has 0 aliphatic heterocycles. The molecule has 1 amide bonds. The summed E-state index contributed by atoms with van der Waals surface area (Å²) in [7, 11) is 0. The molecule has 19 heavy (non-hydrogen) atoms. The molecule has 0 heterocycles. The molecule has 2 nitrogen and oxygen atoms in total. The normalized spacial score (nSPS) is 23.1. The molecule has 0 bridgehead atoms. The van der Waals surface area contributed by atoms with Crippen LogP contribution in [0.1, 0.15) is 31.9 Å². The van der Waals surface area contributed by atoms with Crippen molar-refractivity contribution in [1.82, 2.24) is 5.32 Å². The third-order valence-electron chi connectivity index (χ3n) is 4.08. The summed E-state index contributed by atoms with van der Waals surface area (Å²) < 4.78 is 0. The minimum Gasteiger partial charge on any atom is -0.349 e. The average molecular weight is 253 g/mol. The molecule has 1 aliphatic carbocycles. The molecule has 3 unspecified atom stereocenters. The topological polar surface area (TPSA) is 29.1 Å². The Balaban J connectivity index is 1.77. The van der Waals surface area contributed by atoms with E-state index in [2.05, 4.69) is 49.5 Å². The fourth-order valence-electron chi connectivity index (χ4n) is 2.57. The third-order valence-corrected chi connectivity index (χ3v) is 4.08. The van der Waals surface area contributed by atoms with Crippen molar-refractivity contribution in [3.8, 4) is 0 Å². The Morgan fingerprint density at radius 3 is 2.58 bits per heavy atom. The predicted octanol–water partition coefficient (Wildman–Crippen LogP) is 3.67. The molecule has 1 saturated carbocycles. The molecule has 3 rings (SSSR count). The molecular formula is C17H19NO. The van der Waals surface area contributed by atoms with E-state index in [1.54, 1.807) is 0 Å². The van der Waals surface area contributed by atoms with E-state index >= 15 is 0 Å². The summed E-state index contributed by atoms with van der Waals surface area (Å²) >= 11 is 0. The number of rotatable bonds is 3. The molecule has 0 aromatic heterocycles. The van der Waals surface area contributed by atoms with Gasteiger partial charge in [0.1, 0.15) is 0 Å². The van der Waals surface area contributed by atoms with Crippen LogP contribution in [0.3, 0.4) is 0 Å². The number of hydrogen-bond donors (Lipinski definition) is 1. The van der Waals surface area contributed by atoms with E-state index in [1.807, 2.05) is 12.1 Å². The van der Waals surface area contributed by atoms with Gasteiger partial charge in [-0.2, -0.15) is 0 Å².